The maximum absolute atomic E-state index is 12.2. The highest BCUT2D eigenvalue weighted by molar-refractivity contribution is 5.74. The number of fused-ring (bicyclic) bond motifs is 1. The van der Waals surface area contributed by atoms with E-state index >= 15 is 0 Å². The van der Waals surface area contributed by atoms with Crippen LogP contribution in [0.15, 0.2) is 59.5 Å². The molecule has 1 aliphatic rings. The summed E-state index contributed by atoms with van der Waals surface area (Å²) >= 11 is 0. The highest BCUT2D eigenvalue weighted by Crippen LogP contribution is 2.18. The van der Waals surface area contributed by atoms with E-state index in [9.17, 15) is 4.79 Å². The van der Waals surface area contributed by atoms with Gasteiger partial charge in [-0.1, -0.05) is 24.3 Å². The summed E-state index contributed by atoms with van der Waals surface area (Å²) in [5.41, 5.74) is 4.42. The predicted octanol–water partition coefficient (Wildman–Crippen LogP) is 2.92. The zero-order valence-corrected chi connectivity index (χ0v) is 15.8. The molecule has 4 rings (SSSR count). The van der Waals surface area contributed by atoms with Gasteiger partial charge < -0.3 is 9.47 Å². The summed E-state index contributed by atoms with van der Waals surface area (Å²) in [6.45, 7) is 8.15. The van der Waals surface area contributed by atoms with E-state index in [2.05, 4.69) is 46.0 Å². The number of hydrogen-bond acceptors (Lipinski definition) is 4. The maximum atomic E-state index is 12.2. The normalized spacial score (nSPS) is 15.4. The summed E-state index contributed by atoms with van der Waals surface area (Å²) in [5, 5.41) is 0. The molecule has 1 aliphatic heterocycles. The van der Waals surface area contributed by atoms with E-state index in [4.69, 9.17) is 0 Å². The maximum Gasteiger partial charge on any atom is 0.269 e. The molecule has 0 aliphatic carbocycles. The number of benzene rings is 2. The number of aryl methyl sites for hydroxylation is 2. The molecule has 0 amide bonds. The van der Waals surface area contributed by atoms with Crippen LogP contribution < -0.4 is 10.5 Å². The molecule has 3 aromatic rings. The average molecular weight is 362 g/mol. The minimum Gasteiger partial charge on any atom is -0.369 e. The minimum atomic E-state index is -0.0158. The van der Waals surface area contributed by atoms with Crippen LogP contribution in [0.1, 0.15) is 12.0 Å². The summed E-state index contributed by atoms with van der Waals surface area (Å²) in [5.74, 6) is 0. The molecule has 2 heterocycles. The van der Waals surface area contributed by atoms with E-state index < -0.39 is 0 Å². The molecule has 0 atom stereocenters. The molecule has 0 saturated carbocycles. The molecule has 0 spiro atoms. The molecule has 2 aromatic carbocycles. The Morgan fingerprint density at radius 2 is 1.78 bits per heavy atom. The molecular weight excluding hydrogens is 336 g/mol. The smallest absolute Gasteiger partial charge is 0.269 e. The third-order valence-electron chi connectivity index (χ3n) is 5.35. The number of aromatic nitrogens is 2. The molecule has 0 radical (unpaired) electrons. The van der Waals surface area contributed by atoms with Crippen LogP contribution in [0, 0.1) is 6.92 Å². The summed E-state index contributed by atoms with van der Waals surface area (Å²) in [7, 11) is 0. The van der Waals surface area contributed by atoms with E-state index in [1.165, 1.54) is 17.4 Å². The molecule has 1 saturated heterocycles. The van der Waals surface area contributed by atoms with Crippen LogP contribution in [0.5, 0.6) is 0 Å². The number of hydrogen-bond donors (Lipinski definition) is 0. The van der Waals surface area contributed by atoms with Crippen molar-refractivity contribution in [2.75, 3.05) is 37.6 Å². The lowest BCUT2D eigenvalue weighted by Gasteiger charge is -2.36. The first kappa shape index (κ1) is 17.7. The van der Waals surface area contributed by atoms with Gasteiger partial charge in [0.25, 0.3) is 5.56 Å². The molecule has 5 nitrogen and oxygen atoms in total. The number of rotatable bonds is 5. The monoisotopic (exact) mass is 362 g/mol. The predicted molar refractivity (Wildman–Crippen MR) is 110 cm³/mol. The molecule has 27 heavy (non-hydrogen) atoms. The van der Waals surface area contributed by atoms with Gasteiger partial charge in [0.1, 0.15) is 0 Å². The summed E-state index contributed by atoms with van der Waals surface area (Å²) in [6.07, 6.45) is 2.40. The van der Waals surface area contributed by atoms with Crippen molar-refractivity contribution in [2.24, 2.45) is 0 Å². The van der Waals surface area contributed by atoms with E-state index in [0.717, 1.165) is 56.7 Å². The van der Waals surface area contributed by atoms with Gasteiger partial charge in [0.15, 0.2) is 0 Å². The Kier molecular flexibility index (Phi) is 5.21. The van der Waals surface area contributed by atoms with Gasteiger partial charge in [-0.3, -0.25) is 9.69 Å². The molecule has 1 aromatic heterocycles. The van der Waals surface area contributed by atoms with Crippen LogP contribution in [-0.4, -0.2) is 47.2 Å². The number of nitrogens with zero attached hydrogens (tertiary/aromatic N) is 4. The van der Waals surface area contributed by atoms with Crippen molar-refractivity contribution < 1.29 is 0 Å². The average Bonchev–Trinajstić information content (AvgIpc) is 2.70. The third-order valence-corrected chi connectivity index (χ3v) is 5.35. The van der Waals surface area contributed by atoms with E-state index in [1.54, 1.807) is 0 Å². The molecule has 0 bridgehead atoms. The number of piperazine rings is 1. The fourth-order valence-electron chi connectivity index (χ4n) is 3.85. The lowest BCUT2D eigenvalue weighted by Crippen LogP contribution is -2.46. The number of para-hydroxylation sites is 2. The summed E-state index contributed by atoms with van der Waals surface area (Å²) in [4.78, 5) is 21.4. The Morgan fingerprint density at radius 1 is 0.963 bits per heavy atom. The topological polar surface area (TPSA) is 41.4 Å². The van der Waals surface area contributed by atoms with E-state index in [-0.39, 0.29) is 5.56 Å². The van der Waals surface area contributed by atoms with Gasteiger partial charge >= 0.3 is 0 Å². The highest BCUT2D eigenvalue weighted by atomic mass is 16.1. The van der Waals surface area contributed by atoms with Gasteiger partial charge in [0.05, 0.1) is 17.2 Å². The second-order valence-corrected chi connectivity index (χ2v) is 7.26. The van der Waals surface area contributed by atoms with Crippen LogP contribution in [-0.2, 0) is 6.54 Å². The fraction of sp³-hybridized carbons (Fsp3) is 0.364. The quantitative estimate of drug-likeness (QED) is 0.700. The molecule has 0 unspecified atom stereocenters. The largest absolute Gasteiger partial charge is 0.369 e. The molecule has 0 N–H and O–H groups in total. The van der Waals surface area contributed by atoms with Crippen molar-refractivity contribution in [2.45, 2.75) is 19.9 Å². The lowest BCUT2D eigenvalue weighted by molar-refractivity contribution is 0.250. The van der Waals surface area contributed by atoms with Crippen molar-refractivity contribution in [1.29, 1.82) is 0 Å². The van der Waals surface area contributed by atoms with Crippen molar-refractivity contribution in [3.8, 4) is 0 Å². The first-order valence-electron chi connectivity index (χ1n) is 9.69. The first-order chi connectivity index (χ1) is 13.2. The van der Waals surface area contributed by atoms with Crippen LogP contribution in [0.4, 0.5) is 5.69 Å². The Balaban J connectivity index is 1.32. The van der Waals surface area contributed by atoms with Crippen molar-refractivity contribution in [1.82, 2.24) is 14.5 Å². The van der Waals surface area contributed by atoms with Gasteiger partial charge in [0, 0.05) is 38.4 Å². The molecule has 5 heteroatoms. The fourth-order valence-corrected chi connectivity index (χ4v) is 3.85. The Hall–Kier alpha value is -2.66. The van der Waals surface area contributed by atoms with Crippen LogP contribution in [0.25, 0.3) is 11.0 Å². The van der Waals surface area contributed by atoms with Crippen molar-refractivity contribution in [3.63, 3.8) is 0 Å². The Labute approximate surface area is 159 Å². The zero-order chi connectivity index (χ0) is 18.6. The van der Waals surface area contributed by atoms with Gasteiger partial charge in [-0.15, -0.1) is 0 Å². The Morgan fingerprint density at radius 3 is 2.59 bits per heavy atom. The van der Waals surface area contributed by atoms with Gasteiger partial charge in [0.2, 0.25) is 0 Å². The van der Waals surface area contributed by atoms with Gasteiger partial charge in [-0.2, -0.15) is 0 Å². The standard InChI is InChI=1S/C22H26N4O/c1-18-6-4-7-19(16-18)25-14-12-24(13-15-25)10-5-11-26-21-9-3-2-8-20(21)23-17-22(26)27/h2-4,6-9,16-17H,5,10-15H2,1H3. The third kappa shape index (κ3) is 4.03. The van der Waals surface area contributed by atoms with Gasteiger partial charge in [-0.05, 0) is 49.7 Å². The summed E-state index contributed by atoms with van der Waals surface area (Å²) < 4.78 is 1.85. The van der Waals surface area contributed by atoms with E-state index in [1.807, 2.05) is 28.8 Å². The molecule has 140 valence electrons. The van der Waals surface area contributed by atoms with E-state index in [0.29, 0.717) is 0 Å². The minimum absolute atomic E-state index is 0.0158. The second-order valence-electron chi connectivity index (χ2n) is 7.26. The molecular formula is C22H26N4O. The SMILES string of the molecule is Cc1cccc(N2CCN(CCCn3c(=O)cnc4ccccc43)CC2)c1. The second kappa shape index (κ2) is 7.92. The zero-order valence-electron chi connectivity index (χ0n) is 15.8. The highest BCUT2D eigenvalue weighted by Gasteiger charge is 2.17. The summed E-state index contributed by atoms with van der Waals surface area (Å²) in [6, 6.07) is 16.6. The van der Waals surface area contributed by atoms with Crippen molar-refractivity contribution >= 4 is 16.7 Å². The lowest BCUT2D eigenvalue weighted by atomic mass is 10.2. The molecule has 1 fully saturated rings. The first-order valence-corrected chi connectivity index (χ1v) is 9.69. The van der Waals surface area contributed by atoms with Crippen LogP contribution in [0.3, 0.4) is 0 Å². The Bertz CT molecular complexity index is 973. The van der Waals surface area contributed by atoms with Crippen LogP contribution in [0.2, 0.25) is 0 Å². The van der Waals surface area contributed by atoms with Crippen molar-refractivity contribution in [3.05, 3.63) is 70.6 Å². The van der Waals surface area contributed by atoms with Crippen LogP contribution >= 0.6 is 0 Å². The van der Waals surface area contributed by atoms with Gasteiger partial charge in [-0.25, -0.2) is 4.98 Å². The number of anilines is 1.